The van der Waals surface area contributed by atoms with E-state index in [1.54, 1.807) is 0 Å². The molecule has 14 heavy (non-hydrogen) atoms. The van der Waals surface area contributed by atoms with Crippen LogP contribution >= 0.6 is 15.9 Å². The van der Waals surface area contributed by atoms with Gasteiger partial charge in [-0.05, 0) is 35.0 Å². The lowest BCUT2D eigenvalue weighted by Gasteiger charge is -2.00. The quantitative estimate of drug-likeness (QED) is 0.467. The number of Topliss-reactive ketones (excluding diaryl/α,β-unsaturated/α-hetero) is 1. The molecule has 0 aliphatic rings. The highest BCUT2D eigenvalue weighted by Crippen LogP contribution is 2.28. The molecule has 0 heterocycles. The molecule has 0 aliphatic heterocycles. The van der Waals surface area contributed by atoms with E-state index in [-0.39, 0.29) is 10.0 Å². The van der Waals surface area contributed by atoms with Crippen molar-refractivity contribution >= 4 is 27.4 Å². The topological polar surface area (TPSA) is 60.2 Å². The van der Waals surface area contributed by atoms with Crippen molar-refractivity contribution < 1.29 is 14.1 Å². The van der Waals surface area contributed by atoms with Gasteiger partial charge in [-0.25, -0.2) is 0 Å². The fourth-order valence-electron chi connectivity index (χ4n) is 1.00. The minimum absolute atomic E-state index is 0.0331. The Morgan fingerprint density at radius 3 is 2.57 bits per heavy atom. The summed E-state index contributed by atoms with van der Waals surface area (Å²) in [6.45, 7) is 1.15. The van der Waals surface area contributed by atoms with Crippen LogP contribution in [0.5, 0.6) is 0 Å². The zero-order valence-corrected chi connectivity index (χ0v) is 8.67. The summed E-state index contributed by atoms with van der Waals surface area (Å²) >= 11 is 2.81. The zero-order valence-electron chi connectivity index (χ0n) is 7.08. The minimum Gasteiger partial charge on any atom is -0.294 e. The van der Waals surface area contributed by atoms with Crippen molar-refractivity contribution in [2.75, 3.05) is 0 Å². The number of rotatable bonds is 2. The van der Waals surface area contributed by atoms with Crippen LogP contribution in [0.3, 0.4) is 0 Å². The third-order valence-electron chi connectivity index (χ3n) is 1.63. The summed E-state index contributed by atoms with van der Waals surface area (Å²) in [4.78, 5) is 20.5. The maximum absolute atomic E-state index is 13.2. The van der Waals surface area contributed by atoms with Gasteiger partial charge in [0.2, 0.25) is 5.82 Å². The molecule has 1 aromatic carbocycles. The summed E-state index contributed by atoms with van der Waals surface area (Å²) in [6.07, 6.45) is 0. The van der Waals surface area contributed by atoms with Crippen molar-refractivity contribution in [3.8, 4) is 0 Å². The fraction of sp³-hybridized carbons (Fsp3) is 0.125. The molecular formula is C8H5BrFNO3. The van der Waals surface area contributed by atoms with Crippen LogP contribution in [0.1, 0.15) is 17.3 Å². The second kappa shape index (κ2) is 3.83. The Hall–Kier alpha value is -1.30. The van der Waals surface area contributed by atoms with E-state index >= 15 is 0 Å². The van der Waals surface area contributed by atoms with Gasteiger partial charge < -0.3 is 0 Å². The van der Waals surface area contributed by atoms with Crippen LogP contribution in [-0.2, 0) is 0 Å². The van der Waals surface area contributed by atoms with Crippen molar-refractivity contribution in [2.45, 2.75) is 6.92 Å². The molecule has 74 valence electrons. The molecule has 0 saturated carbocycles. The molecule has 0 N–H and O–H groups in total. The molecule has 0 amide bonds. The molecule has 0 fully saturated rings. The van der Waals surface area contributed by atoms with Crippen molar-refractivity contribution in [3.05, 3.63) is 38.1 Å². The first-order valence-corrected chi connectivity index (χ1v) is 4.37. The molecule has 0 atom stereocenters. The van der Waals surface area contributed by atoms with E-state index in [9.17, 15) is 19.3 Å². The Bertz CT molecular complexity index is 419. The van der Waals surface area contributed by atoms with Gasteiger partial charge in [0, 0.05) is 0 Å². The molecule has 0 aliphatic carbocycles. The molecule has 4 nitrogen and oxygen atoms in total. The Morgan fingerprint density at radius 1 is 1.57 bits per heavy atom. The Morgan fingerprint density at radius 2 is 2.14 bits per heavy atom. The molecule has 0 saturated heterocycles. The monoisotopic (exact) mass is 261 g/mol. The lowest BCUT2D eigenvalue weighted by atomic mass is 10.1. The van der Waals surface area contributed by atoms with Crippen LogP contribution in [0.15, 0.2) is 16.6 Å². The predicted octanol–water partition coefficient (Wildman–Crippen LogP) is 2.70. The van der Waals surface area contributed by atoms with E-state index in [0.29, 0.717) is 0 Å². The van der Waals surface area contributed by atoms with Gasteiger partial charge in [0.25, 0.3) is 0 Å². The van der Waals surface area contributed by atoms with Crippen LogP contribution in [0.25, 0.3) is 0 Å². The van der Waals surface area contributed by atoms with Gasteiger partial charge in [0.05, 0.1) is 15.0 Å². The van der Waals surface area contributed by atoms with Crippen LogP contribution in [0.2, 0.25) is 0 Å². The third kappa shape index (κ3) is 1.79. The normalized spacial score (nSPS) is 9.93. The Kier molecular flexibility index (Phi) is 2.95. The molecule has 6 heteroatoms. The maximum atomic E-state index is 13.2. The van der Waals surface area contributed by atoms with Gasteiger partial charge >= 0.3 is 5.69 Å². The average Bonchev–Trinajstić information content (AvgIpc) is 2.08. The number of nitro groups is 1. The fourth-order valence-corrected chi connectivity index (χ4v) is 1.32. The van der Waals surface area contributed by atoms with Crippen LogP contribution < -0.4 is 0 Å². The zero-order chi connectivity index (χ0) is 10.9. The third-order valence-corrected chi connectivity index (χ3v) is 2.24. The number of halogens is 2. The number of ketones is 1. The van der Waals surface area contributed by atoms with E-state index < -0.39 is 22.2 Å². The van der Waals surface area contributed by atoms with Gasteiger partial charge in [0.15, 0.2) is 5.78 Å². The van der Waals surface area contributed by atoms with Crippen LogP contribution in [0.4, 0.5) is 10.1 Å². The van der Waals surface area contributed by atoms with Crippen molar-refractivity contribution in [2.24, 2.45) is 0 Å². The van der Waals surface area contributed by atoms with E-state index in [0.717, 1.165) is 6.92 Å². The number of carbonyl (C=O) groups is 1. The van der Waals surface area contributed by atoms with Crippen LogP contribution in [-0.4, -0.2) is 10.7 Å². The second-order valence-corrected chi connectivity index (χ2v) is 3.43. The molecule has 0 aromatic heterocycles. The number of benzene rings is 1. The maximum Gasteiger partial charge on any atom is 0.316 e. The predicted molar refractivity (Wildman–Crippen MR) is 50.8 cm³/mol. The molecule has 1 aromatic rings. The summed E-state index contributed by atoms with van der Waals surface area (Å²) in [6, 6.07) is 2.48. The summed E-state index contributed by atoms with van der Waals surface area (Å²) in [7, 11) is 0. The minimum atomic E-state index is -1.03. The van der Waals surface area contributed by atoms with Gasteiger partial charge in [-0.3, -0.25) is 14.9 Å². The Labute approximate surface area is 87.0 Å². The lowest BCUT2D eigenvalue weighted by molar-refractivity contribution is -0.387. The van der Waals surface area contributed by atoms with Gasteiger partial charge in [-0.2, -0.15) is 4.39 Å². The molecule has 0 unspecified atom stereocenters. The van der Waals surface area contributed by atoms with E-state index in [2.05, 4.69) is 15.9 Å². The van der Waals surface area contributed by atoms with Gasteiger partial charge in [0.1, 0.15) is 0 Å². The molecular weight excluding hydrogens is 257 g/mol. The number of carbonyl (C=O) groups excluding carboxylic acids is 1. The summed E-state index contributed by atoms with van der Waals surface area (Å²) < 4.78 is 13.2. The van der Waals surface area contributed by atoms with Crippen molar-refractivity contribution in [1.29, 1.82) is 0 Å². The highest BCUT2D eigenvalue weighted by molar-refractivity contribution is 9.10. The summed E-state index contributed by atoms with van der Waals surface area (Å²) in [5.41, 5.74) is -1.01. The van der Waals surface area contributed by atoms with Gasteiger partial charge in [-0.15, -0.1) is 0 Å². The van der Waals surface area contributed by atoms with Crippen molar-refractivity contribution in [1.82, 2.24) is 0 Å². The first-order valence-electron chi connectivity index (χ1n) is 3.58. The molecule has 0 bridgehead atoms. The van der Waals surface area contributed by atoms with E-state index in [1.165, 1.54) is 12.1 Å². The first kappa shape index (κ1) is 10.8. The first-order chi connectivity index (χ1) is 6.45. The SMILES string of the molecule is CC(=O)c1ccc(Br)c(F)c1[N+](=O)[O-]. The standard InChI is InChI=1S/C8H5BrFNO3/c1-4(12)5-2-3-6(9)7(10)8(5)11(13)14/h2-3H,1H3. The number of nitrogens with zero attached hydrogens (tertiary/aromatic N) is 1. The molecule has 0 spiro atoms. The van der Waals surface area contributed by atoms with Crippen molar-refractivity contribution in [3.63, 3.8) is 0 Å². The van der Waals surface area contributed by atoms with E-state index in [1.807, 2.05) is 0 Å². The number of hydrogen-bond donors (Lipinski definition) is 0. The number of hydrogen-bond acceptors (Lipinski definition) is 3. The van der Waals surface area contributed by atoms with Crippen LogP contribution in [0, 0.1) is 15.9 Å². The van der Waals surface area contributed by atoms with E-state index in [4.69, 9.17) is 0 Å². The molecule has 0 radical (unpaired) electrons. The summed E-state index contributed by atoms with van der Waals surface area (Å²) in [5, 5.41) is 10.5. The summed E-state index contributed by atoms with van der Waals surface area (Å²) in [5.74, 6) is -1.56. The smallest absolute Gasteiger partial charge is 0.294 e. The highest BCUT2D eigenvalue weighted by Gasteiger charge is 2.24. The lowest BCUT2D eigenvalue weighted by Crippen LogP contribution is -2.03. The second-order valence-electron chi connectivity index (χ2n) is 2.57. The Balaban J connectivity index is 3.53. The largest absolute Gasteiger partial charge is 0.316 e. The highest BCUT2D eigenvalue weighted by atomic mass is 79.9. The molecule has 1 rings (SSSR count). The van der Waals surface area contributed by atoms with Gasteiger partial charge in [-0.1, -0.05) is 0 Å². The number of nitro benzene ring substituents is 1. The average molecular weight is 262 g/mol.